The molecule has 0 saturated carbocycles. The van der Waals surface area contributed by atoms with E-state index in [9.17, 15) is 14.3 Å². The van der Waals surface area contributed by atoms with Gasteiger partial charge in [0.1, 0.15) is 5.82 Å². The molecule has 3 nitrogen and oxygen atoms in total. The maximum Gasteiger partial charge on any atom is 0.225 e. The summed E-state index contributed by atoms with van der Waals surface area (Å²) in [6, 6.07) is 4.45. The van der Waals surface area contributed by atoms with Gasteiger partial charge >= 0.3 is 0 Å². The number of carbonyl (C=O) groups is 1. The number of rotatable bonds is 5. The molecule has 19 heavy (non-hydrogen) atoms. The minimum atomic E-state index is -0.656. The third-order valence-corrected chi connectivity index (χ3v) is 3.29. The van der Waals surface area contributed by atoms with Crippen molar-refractivity contribution >= 4 is 17.5 Å². The maximum absolute atomic E-state index is 13.3. The first-order valence-corrected chi connectivity index (χ1v) is 6.55. The molecule has 0 fully saturated rings. The number of halogens is 2. The van der Waals surface area contributed by atoms with E-state index in [0.717, 1.165) is 0 Å². The topological polar surface area (TPSA) is 40.5 Å². The van der Waals surface area contributed by atoms with E-state index in [-0.39, 0.29) is 29.8 Å². The van der Waals surface area contributed by atoms with Gasteiger partial charge in [-0.2, -0.15) is 0 Å². The van der Waals surface area contributed by atoms with Crippen molar-refractivity contribution < 1.29 is 14.3 Å². The first-order valence-electron chi connectivity index (χ1n) is 6.17. The number of benzene rings is 1. The smallest absolute Gasteiger partial charge is 0.225 e. The van der Waals surface area contributed by atoms with Crippen LogP contribution in [0.5, 0.6) is 0 Å². The lowest BCUT2D eigenvalue weighted by molar-refractivity contribution is -0.133. The summed E-state index contributed by atoms with van der Waals surface area (Å²) >= 11 is 5.59. The highest BCUT2D eigenvalue weighted by Crippen LogP contribution is 2.17. The first-order chi connectivity index (χ1) is 8.81. The van der Waals surface area contributed by atoms with Gasteiger partial charge in [0.2, 0.25) is 5.91 Å². The van der Waals surface area contributed by atoms with Crippen molar-refractivity contribution in [2.75, 3.05) is 7.05 Å². The Morgan fingerprint density at radius 3 is 2.63 bits per heavy atom. The molecule has 1 unspecified atom stereocenters. The summed E-state index contributed by atoms with van der Waals surface area (Å²) < 4.78 is 13.3. The average Bonchev–Trinajstić information content (AvgIpc) is 2.33. The van der Waals surface area contributed by atoms with Gasteiger partial charge < -0.3 is 10.0 Å². The number of hydrogen-bond donors (Lipinski definition) is 1. The molecule has 0 radical (unpaired) electrons. The number of hydrogen-bond acceptors (Lipinski definition) is 2. The van der Waals surface area contributed by atoms with Crippen molar-refractivity contribution in [3.63, 3.8) is 0 Å². The highest BCUT2D eigenvalue weighted by atomic mass is 35.5. The van der Waals surface area contributed by atoms with Crippen molar-refractivity contribution in [3.8, 4) is 0 Å². The van der Waals surface area contributed by atoms with E-state index in [2.05, 4.69) is 0 Å². The number of carbonyl (C=O) groups excluding carboxylic acids is 1. The van der Waals surface area contributed by atoms with Gasteiger partial charge in [-0.25, -0.2) is 4.39 Å². The van der Waals surface area contributed by atoms with Crippen molar-refractivity contribution in [2.45, 2.75) is 32.9 Å². The molecule has 0 aliphatic carbocycles. The van der Waals surface area contributed by atoms with Crippen LogP contribution in [0.1, 0.15) is 25.8 Å². The fourth-order valence-corrected chi connectivity index (χ4v) is 1.69. The number of amides is 1. The van der Waals surface area contributed by atoms with E-state index in [1.54, 1.807) is 13.1 Å². The third-order valence-electron chi connectivity index (χ3n) is 2.98. The monoisotopic (exact) mass is 287 g/mol. The molecule has 5 heteroatoms. The van der Waals surface area contributed by atoms with E-state index < -0.39 is 11.9 Å². The summed E-state index contributed by atoms with van der Waals surface area (Å²) in [6.45, 7) is 4.00. The largest absolute Gasteiger partial charge is 0.392 e. The fraction of sp³-hybridized carbons (Fsp3) is 0.500. The number of aliphatic hydroxyl groups is 1. The van der Waals surface area contributed by atoms with Gasteiger partial charge in [0.15, 0.2) is 0 Å². The van der Waals surface area contributed by atoms with Gasteiger partial charge in [0.25, 0.3) is 0 Å². The molecule has 0 heterocycles. The molecule has 0 aliphatic heterocycles. The lowest BCUT2D eigenvalue weighted by Crippen LogP contribution is -2.31. The van der Waals surface area contributed by atoms with Crippen molar-refractivity contribution in [1.82, 2.24) is 4.90 Å². The zero-order valence-corrected chi connectivity index (χ0v) is 12.1. The quantitative estimate of drug-likeness (QED) is 0.905. The van der Waals surface area contributed by atoms with Gasteiger partial charge in [-0.05, 0) is 23.6 Å². The van der Waals surface area contributed by atoms with Crippen LogP contribution in [-0.2, 0) is 11.3 Å². The predicted octanol–water partition coefficient (Wildman–Crippen LogP) is 2.84. The molecule has 0 saturated heterocycles. The Hall–Kier alpha value is -1.13. The Balaban J connectivity index is 2.61. The number of aliphatic hydroxyl groups excluding tert-OH is 1. The van der Waals surface area contributed by atoms with Crippen LogP contribution in [0.15, 0.2) is 18.2 Å². The zero-order valence-electron chi connectivity index (χ0n) is 11.4. The Labute approximate surface area is 118 Å². The van der Waals surface area contributed by atoms with Crippen LogP contribution in [0.3, 0.4) is 0 Å². The Morgan fingerprint density at radius 2 is 2.11 bits per heavy atom. The van der Waals surface area contributed by atoms with Gasteiger partial charge in [-0.15, -0.1) is 0 Å². The summed E-state index contributed by atoms with van der Waals surface area (Å²) in [7, 11) is 1.63. The summed E-state index contributed by atoms with van der Waals surface area (Å²) in [5, 5.41) is 9.73. The van der Waals surface area contributed by atoms with Crippen LogP contribution in [0.4, 0.5) is 4.39 Å². The highest BCUT2D eigenvalue weighted by Gasteiger charge is 2.17. The van der Waals surface area contributed by atoms with Crippen molar-refractivity contribution in [1.29, 1.82) is 0 Å². The second kappa shape index (κ2) is 6.87. The molecule has 1 aromatic rings. The SMILES string of the molecule is CC(C)C(O)CC(=O)N(C)Cc1ccc(Cl)c(F)c1. The van der Waals surface area contributed by atoms with E-state index in [0.29, 0.717) is 5.56 Å². The standard InChI is InChI=1S/C14H19ClFNO2/c1-9(2)13(18)7-14(19)17(3)8-10-4-5-11(15)12(16)6-10/h4-6,9,13,18H,7-8H2,1-3H3. The summed E-state index contributed by atoms with van der Waals surface area (Å²) in [4.78, 5) is 13.3. The Kier molecular flexibility index (Phi) is 5.76. The molecule has 1 amide bonds. The first kappa shape index (κ1) is 15.9. The van der Waals surface area contributed by atoms with E-state index >= 15 is 0 Å². The Morgan fingerprint density at radius 1 is 1.47 bits per heavy atom. The zero-order chi connectivity index (χ0) is 14.6. The van der Waals surface area contributed by atoms with Crippen molar-refractivity contribution in [3.05, 3.63) is 34.6 Å². The molecule has 0 aromatic heterocycles. The molecule has 106 valence electrons. The summed E-state index contributed by atoms with van der Waals surface area (Å²) in [5.74, 6) is -0.635. The highest BCUT2D eigenvalue weighted by molar-refractivity contribution is 6.30. The van der Waals surface area contributed by atoms with Crippen molar-refractivity contribution in [2.24, 2.45) is 5.92 Å². The van der Waals surface area contributed by atoms with E-state index in [1.807, 2.05) is 13.8 Å². The molecule has 1 N–H and O–H groups in total. The Bertz CT molecular complexity index is 451. The van der Waals surface area contributed by atoms with Crippen LogP contribution in [-0.4, -0.2) is 29.1 Å². The summed E-state index contributed by atoms with van der Waals surface area (Å²) in [5.41, 5.74) is 0.664. The van der Waals surface area contributed by atoms with E-state index in [4.69, 9.17) is 11.6 Å². The van der Waals surface area contributed by atoms with Crippen LogP contribution >= 0.6 is 11.6 Å². The van der Waals surface area contributed by atoms with Gasteiger partial charge in [-0.1, -0.05) is 31.5 Å². The van der Waals surface area contributed by atoms with E-state index in [1.165, 1.54) is 17.0 Å². The lowest BCUT2D eigenvalue weighted by atomic mass is 10.0. The van der Waals surface area contributed by atoms with Crippen LogP contribution in [0.2, 0.25) is 5.02 Å². The van der Waals surface area contributed by atoms with Gasteiger partial charge in [0, 0.05) is 13.6 Å². The molecular weight excluding hydrogens is 269 g/mol. The molecule has 0 spiro atoms. The summed E-state index contributed by atoms with van der Waals surface area (Å²) in [6.07, 6.45) is -0.582. The van der Waals surface area contributed by atoms with Crippen LogP contribution < -0.4 is 0 Å². The molecular formula is C14H19ClFNO2. The normalized spacial score (nSPS) is 12.6. The second-order valence-electron chi connectivity index (χ2n) is 5.01. The fourth-order valence-electron chi connectivity index (χ4n) is 1.57. The average molecular weight is 288 g/mol. The predicted molar refractivity (Wildman–Crippen MR) is 73.3 cm³/mol. The molecule has 1 atom stereocenters. The second-order valence-corrected chi connectivity index (χ2v) is 5.42. The lowest BCUT2D eigenvalue weighted by Gasteiger charge is -2.21. The van der Waals surface area contributed by atoms with Gasteiger partial charge in [0.05, 0.1) is 17.5 Å². The maximum atomic E-state index is 13.3. The number of nitrogens with zero attached hydrogens (tertiary/aromatic N) is 1. The molecule has 0 bridgehead atoms. The van der Waals surface area contributed by atoms with Crippen LogP contribution in [0.25, 0.3) is 0 Å². The van der Waals surface area contributed by atoms with Crippen LogP contribution in [0, 0.1) is 11.7 Å². The minimum Gasteiger partial charge on any atom is -0.392 e. The molecule has 0 aliphatic rings. The van der Waals surface area contributed by atoms with Gasteiger partial charge in [-0.3, -0.25) is 4.79 Å². The molecule has 1 aromatic carbocycles. The third kappa shape index (κ3) is 4.80. The molecule has 1 rings (SSSR count). The minimum absolute atomic E-state index is 0.0327.